The van der Waals surface area contributed by atoms with Crippen LogP contribution in [0, 0.1) is 11.8 Å². The molecule has 0 saturated heterocycles. The zero-order chi connectivity index (χ0) is 72.8. The highest BCUT2D eigenvalue weighted by atomic mass is 16.6. The van der Waals surface area contributed by atoms with E-state index in [0.717, 1.165) is 28.9 Å². The summed E-state index contributed by atoms with van der Waals surface area (Å²) >= 11 is 0. The number of aliphatic hydroxyl groups excluding tert-OH is 1. The van der Waals surface area contributed by atoms with Gasteiger partial charge in [-0.15, -0.1) is 0 Å². The third-order valence-corrected chi connectivity index (χ3v) is 18.4. The Bertz CT molecular complexity index is 3430. The monoisotopic (exact) mass is 1410 g/mol. The van der Waals surface area contributed by atoms with Crippen LogP contribution in [0.1, 0.15) is 170 Å². The lowest BCUT2D eigenvalue weighted by Gasteiger charge is -2.31. The lowest BCUT2D eigenvalue weighted by Crippen LogP contribution is -2.53. The molecule has 3 aromatic carbocycles. The van der Waals surface area contributed by atoms with E-state index in [1.165, 1.54) is 102 Å². The summed E-state index contributed by atoms with van der Waals surface area (Å²) in [4.78, 5) is 104. The van der Waals surface area contributed by atoms with Crippen molar-refractivity contribution in [2.75, 3.05) is 97.0 Å². The number of anilines is 2. The Morgan fingerprint density at radius 1 is 0.627 bits per heavy atom. The summed E-state index contributed by atoms with van der Waals surface area (Å²) in [5.74, 6) is -0.775. The summed E-state index contributed by atoms with van der Waals surface area (Å²) in [6.07, 6.45) is 27.4. The Labute approximate surface area is 600 Å². The molecule has 3 aromatic rings. The molecular formula is C77H106N8O17. The number of rotatable bonds is 35. The summed E-state index contributed by atoms with van der Waals surface area (Å²) in [6, 6.07) is 9.69. The molecule has 1 fully saturated rings. The number of allylic oxidation sites excluding steroid dienone is 4. The molecule has 5 aliphatic rings. The molecule has 5 N–H and O–H groups in total. The van der Waals surface area contributed by atoms with Gasteiger partial charge in [-0.1, -0.05) is 114 Å². The lowest BCUT2D eigenvalue weighted by atomic mass is 9.91. The summed E-state index contributed by atoms with van der Waals surface area (Å²) in [7, 11) is 2.92. The number of amides is 7. The average molecular weight is 1420 g/mol. The van der Waals surface area contributed by atoms with E-state index in [0.29, 0.717) is 105 Å². The van der Waals surface area contributed by atoms with Crippen molar-refractivity contribution in [2.24, 2.45) is 16.8 Å². The van der Waals surface area contributed by atoms with Gasteiger partial charge in [-0.25, -0.2) is 9.69 Å². The van der Waals surface area contributed by atoms with Gasteiger partial charge in [-0.3, -0.25) is 33.8 Å². The molecule has 0 radical (unpaired) electrons. The van der Waals surface area contributed by atoms with Crippen LogP contribution in [0.15, 0.2) is 101 Å². The molecule has 4 aliphatic heterocycles. The van der Waals surface area contributed by atoms with Crippen LogP contribution in [0.4, 0.5) is 21.9 Å². The molecule has 25 nitrogen and oxygen atoms in total. The van der Waals surface area contributed by atoms with Crippen molar-refractivity contribution in [2.45, 2.75) is 181 Å². The van der Waals surface area contributed by atoms with Crippen molar-refractivity contribution in [1.82, 2.24) is 25.8 Å². The standard InChI is InChI=1S/C77H106N8O17/c1-8-21-56-41-59-48-79-62-46-67(65(94-6)44-60(62)74(90)83(59)49-56)100-31-20-32-101-68-47-63-61(45-66(68)95-7)75(91)84-50-57(22-9-2)42-64(84)76(92)85(63)77(93)102-51-55-25-27-58(28-26-55)81-72(88)53(5)80-73(89)71(52(3)4)82-69(86)29-33-96-35-37-98-39-40-99-38-36-97-34-30-78-70(87)43-54-23-18-16-14-12-10-11-13-15-17-19-24-54/h8-9,21-22,25-28,44-50,52-54,59,64,71,76,92H,10-20,23-24,29-43,51H2,1-7H3,(H,78,87)(H,80,89)(H,81,88)(H,82,86)/b21-8+,22-9+/t53-,59-,64-,71-,76-/m0/s1. The topological polar surface area (TPSA) is 293 Å². The van der Waals surface area contributed by atoms with E-state index in [1.807, 2.05) is 44.4 Å². The molecule has 0 bridgehead atoms. The normalized spacial score (nSPS) is 18.6. The van der Waals surface area contributed by atoms with Crippen molar-refractivity contribution >= 4 is 64.8 Å². The minimum absolute atomic E-state index is 0.000222. The van der Waals surface area contributed by atoms with E-state index in [1.54, 1.807) is 67.6 Å². The molecule has 5 atom stereocenters. The number of nitrogens with one attached hydrogen (secondary N) is 4. The third kappa shape index (κ3) is 23.5. The average Bonchev–Trinajstić information content (AvgIpc) is 1.59. The van der Waals surface area contributed by atoms with Gasteiger partial charge in [0.05, 0.1) is 115 Å². The maximum absolute atomic E-state index is 14.4. The number of nitrogens with zero attached hydrogens (tertiary/aromatic N) is 4. The van der Waals surface area contributed by atoms with Gasteiger partial charge in [0, 0.05) is 62.2 Å². The highest BCUT2D eigenvalue weighted by Gasteiger charge is 2.46. The first-order valence-corrected chi connectivity index (χ1v) is 36.3. The number of methoxy groups -OCH3 is 2. The smallest absolute Gasteiger partial charge is 0.416 e. The fraction of sp³-hybridized carbons (Fsp3) is 0.558. The lowest BCUT2D eigenvalue weighted by molar-refractivity contribution is -0.132. The second kappa shape index (κ2) is 41.5. The number of carbonyl (C=O) groups is 7. The van der Waals surface area contributed by atoms with E-state index in [9.17, 15) is 38.7 Å². The number of benzene rings is 3. The van der Waals surface area contributed by atoms with Crippen molar-refractivity contribution < 1.29 is 81.3 Å². The van der Waals surface area contributed by atoms with E-state index >= 15 is 0 Å². The highest BCUT2D eigenvalue weighted by molar-refractivity contribution is 6.07. The first-order valence-electron chi connectivity index (χ1n) is 36.3. The first kappa shape index (κ1) is 79.1. The number of aliphatic hydroxyl groups is 1. The van der Waals surface area contributed by atoms with Gasteiger partial charge in [-0.05, 0) is 99.3 Å². The summed E-state index contributed by atoms with van der Waals surface area (Å²) in [6.45, 7) is 11.9. The minimum atomic E-state index is -1.58. The van der Waals surface area contributed by atoms with Gasteiger partial charge in [-0.2, -0.15) is 0 Å². The van der Waals surface area contributed by atoms with E-state index in [4.69, 9.17) is 42.6 Å². The van der Waals surface area contributed by atoms with Crippen LogP contribution in [-0.2, 0) is 49.5 Å². The van der Waals surface area contributed by atoms with Crippen LogP contribution in [-0.4, -0.2) is 180 Å². The summed E-state index contributed by atoms with van der Waals surface area (Å²) < 4.78 is 52.1. The Morgan fingerprint density at radius 3 is 1.79 bits per heavy atom. The van der Waals surface area contributed by atoms with Crippen molar-refractivity contribution in [3.05, 3.63) is 113 Å². The summed E-state index contributed by atoms with van der Waals surface area (Å²) in [5, 5.41) is 23.4. The second-order valence-electron chi connectivity index (χ2n) is 26.5. The van der Waals surface area contributed by atoms with Gasteiger partial charge >= 0.3 is 6.09 Å². The first-order chi connectivity index (χ1) is 49.5. The van der Waals surface area contributed by atoms with Gasteiger partial charge < -0.3 is 78.8 Å². The van der Waals surface area contributed by atoms with Gasteiger partial charge in [0.15, 0.2) is 29.2 Å². The van der Waals surface area contributed by atoms with Gasteiger partial charge in [0.25, 0.3) is 11.8 Å². The molecule has 1 aliphatic carbocycles. The van der Waals surface area contributed by atoms with Crippen molar-refractivity contribution in [3.8, 4) is 23.0 Å². The second-order valence-corrected chi connectivity index (χ2v) is 26.5. The van der Waals surface area contributed by atoms with Crippen molar-refractivity contribution in [3.63, 3.8) is 0 Å². The molecule has 102 heavy (non-hydrogen) atoms. The quantitative estimate of drug-likeness (QED) is 0.0342. The third-order valence-electron chi connectivity index (χ3n) is 18.4. The van der Waals surface area contributed by atoms with Crippen LogP contribution in [0.3, 0.4) is 0 Å². The fourth-order valence-corrected chi connectivity index (χ4v) is 12.9. The Kier molecular flexibility index (Phi) is 32.2. The molecular weight excluding hydrogens is 1310 g/mol. The molecule has 25 heteroatoms. The fourth-order valence-electron chi connectivity index (χ4n) is 12.9. The Balaban J connectivity index is 0.734. The molecule has 4 heterocycles. The number of ether oxygens (including phenoxy) is 9. The van der Waals surface area contributed by atoms with Crippen LogP contribution in [0.25, 0.3) is 0 Å². The number of fused-ring (bicyclic) bond motifs is 4. The minimum Gasteiger partial charge on any atom is -0.493 e. The van der Waals surface area contributed by atoms with Crippen LogP contribution in [0.2, 0.25) is 0 Å². The van der Waals surface area contributed by atoms with Crippen LogP contribution >= 0.6 is 0 Å². The van der Waals surface area contributed by atoms with Crippen molar-refractivity contribution in [1.29, 1.82) is 0 Å². The maximum Gasteiger partial charge on any atom is 0.416 e. The zero-order valence-corrected chi connectivity index (χ0v) is 60.5. The molecule has 0 spiro atoms. The predicted molar refractivity (Wildman–Crippen MR) is 387 cm³/mol. The van der Waals surface area contributed by atoms with Gasteiger partial charge in [0.2, 0.25) is 23.6 Å². The van der Waals surface area contributed by atoms with Crippen LogP contribution in [0.5, 0.6) is 23.0 Å². The van der Waals surface area contributed by atoms with Gasteiger partial charge in [0.1, 0.15) is 18.7 Å². The van der Waals surface area contributed by atoms with Crippen LogP contribution < -0.4 is 45.1 Å². The molecule has 8 rings (SSSR count). The summed E-state index contributed by atoms with van der Waals surface area (Å²) in [5.41, 5.74) is 3.61. The number of hydrogen-bond donors (Lipinski definition) is 5. The molecule has 0 aromatic heterocycles. The number of carbonyl (C=O) groups excluding carboxylic acids is 7. The van der Waals surface area contributed by atoms with E-state index in [2.05, 4.69) is 26.3 Å². The Hall–Kier alpha value is -8.62. The number of hydrogen-bond acceptors (Lipinski definition) is 18. The highest BCUT2D eigenvalue weighted by Crippen LogP contribution is 2.43. The molecule has 0 unspecified atom stereocenters. The maximum atomic E-state index is 14.4. The molecule has 556 valence electrons. The number of aliphatic imine (C=N–C) groups is 1. The molecule has 1 saturated carbocycles. The predicted octanol–water partition coefficient (Wildman–Crippen LogP) is 10.9. The van der Waals surface area contributed by atoms with E-state index < -0.39 is 54.1 Å². The largest absolute Gasteiger partial charge is 0.493 e. The SMILES string of the molecule is C/C=C/C1=CN2C(=O)c3cc(OC)c(OCCCOc4cc5c(cc4OC)C(=O)N4C=C(/C=C/C)C[C@H]4[C@H](O)N5C(=O)OCc4ccc(NC(=O)[C@H](C)NC(=O)[C@@H](NC(=O)CCOCCOCCOCCOCCNC(=O)CC5CCCCCCCCCCCC5)C(C)C)cc4)cc3N=C[C@@H]2C1. The zero-order valence-electron chi connectivity index (χ0n) is 60.5. The Morgan fingerprint density at radius 2 is 1.19 bits per heavy atom. The molecule has 7 amide bonds. The van der Waals surface area contributed by atoms with E-state index in [-0.39, 0.29) is 92.4 Å².